The van der Waals surface area contributed by atoms with E-state index in [2.05, 4.69) is 25.9 Å². The van der Waals surface area contributed by atoms with E-state index in [1.54, 1.807) is 6.92 Å². The Morgan fingerprint density at radius 3 is 2.68 bits per heavy atom. The lowest BCUT2D eigenvalue weighted by molar-refractivity contribution is 0.0929. The highest BCUT2D eigenvalue weighted by atomic mass is 19.1. The molecule has 1 aromatic carbocycles. The Hall–Kier alpha value is -2.38. The molecule has 0 radical (unpaired) electrons. The lowest BCUT2D eigenvalue weighted by Gasteiger charge is -2.13. The second-order valence-electron chi connectivity index (χ2n) is 4.01. The van der Waals surface area contributed by atoms with Crippen molar-refractivity contribution in [1.82, 2.24) is 25.9 Å². The van der Waals surface area contributed by atoms with E-state index in [1.807, 2.05) is 0 Å². The first-order valence-corrected chi connectivity index (χ1v) is 5.55. The molecule has 1 aromatic heterocycles. The highest BCUT2D eigenvalue weighted by molar-refractivity contribution is 5.90. The van der Waals surface area contributed by atoms with Gasteiger partial charge in [0.15, 0.2) is 0 Å². The predicted octanol–water partition coefficient (Wildman–Crippen LogP) is 0.839. The molecule has 0 spiro atoms. The fourth-order valence-electron chi connectivity index (χ4n) is 1.63. The number of nitrogens with one attached hydrogen (secondary N) is 2. The van der Waals surface area contributed by atoms with Gasteiger partial charge in [-0.15, -0.1) is 10.2 Å². The molecular weight excluding hydrogens is 256 g/mol. The molecule has 6 nitrogen and oxygen atoms in total. The largest absolute Gasteiger partial charge is 0.346 e. The Morgan fingerprint density at radius 2 is 2.11 bits per heavy atom. The first-order valence-electron chi connectivity index (χ1n) is 5.55. The fourth-order valence-corrected chi connectivity index (χ4v) is 1.63. The van der Waals surface area contributed by atoms with E-state index >= 15 is 0 Å². The molecule has 1 unspecified atom stereocenters. The van der Waals surface area contributed by atoms with Crippen LogP contribution < -0.4 is 5.32 Å². The van der Waals surface area contributed by atoms with Gasteiger partial charge in [0.05, 0.1) is 0 Å². The van der Waals surface area contributed by atoms with Gasteiger partial charge < -0.3 is 5.32 Å². The van der Waals surface area contributed by atoms with Crippen LogP contribution >= 0.6 is 0 Å². The minimum atomic E-state index is -0.638. The summed E-state index contributed by atoms with van der Waals surface area (Å²) in [4.78, 5) is 11.6. The Labute approximate surface area is 107 Å². The molecule has 0 aliphatic carbocycles. The van der Waals surface area contributed by atoms with Crippen molar-refractivity contribution >= 4 is 5.91 Å². The standard InChI is InChI=1S/C11H11F2N5O/c1-6(14-11(19)10-15-17-18-16-10)5-7-8(12)3-2-4-9(7)13/h2-4,6H,5H2,1H3,(H,14,19)(H,15,16,17,18). The van der Waals surface area contributed by atoms with Crippen molar-refractivity contribution < 1.29 is 13.6 Å². The second kappa shape index (κ2) is 5.51. The molecule has 1 heterocycles. The van der Waals surface area contributed by atoms with Crippen LogP contribution in [0.15, 0.2) is 18.2 Å². The summed E-state index contributed by atoms with van der Waals surface area (Å²) in [5.41, 5.74) is -0.0663. The van der Waals surface area contributed by atoms with Crippen LogP contribution in [0, 0.1) is 11.6 Å². The third-order valence-electron chi connectivity index (χ3n) is 2.50. The van der Waals surface area contributed by atoms with Crippen molar-refractivity contribution in [2.75, 3.05) is 0 Å². The van der Waals surface area contributed by atoms with Crippen LogP contribution in [-0.4, -0.2) is 32.6 Å². The van der Waals surface area contributed by atoms with E-state index in [0.717, 1.165) is 0 Å². The summed E-state index contributed by atoms with van der Waals surface area (Å²) in [6, 6.07) is 3.16. The maximum absolute atomic E-state index is 13.4. The lowest BCUT2D eigenvalue weighted by Crippen LogP contribution is -2.35. The minimum absolute atomic E-state index is 0.0299. The van der Waals surface area contributed by atoms with E-state index < -0.39 is 23.6 Å². The maximum Gasteiger partial charge on any atom is 0.293 e. The van der Waals surface area contributed by atoms with Crippen LogP contribution in [0.1, 0.15) is 23.1 Å². The van der Waals surface area contributed by atoms with Crippen molar-refractivity contribution in [3.05, 3.63) is 41.2 Å². The number of rotatable bonds is 4. The molecule has 0 aliphatic rings. The van der Waals surface area contributed by atoms with Crippen LogP contribution in [0.3, 0.4) is 0 Å². The van der Waals surface area contributed by atoms with Crippen molar-refractivity contribution in [3.8, 4) is 0 Å². The highest BCUT2D eigenvalue weighted by Gasteiger charge is 2.17. The van der Waals surface area contributed by atoms with E-state index in [0.29, 0.717) is 0 Å². The summed E-state index contributed by atoms with van der Waals surface area (Å²) in [6.07, 6.45) is 0.0299. The molecule has 0 aliphatic heterocycles. The topological polar surface area (TPSA) is 83.6 Å². The molecule has 0 bridgehead atoms. The summed E-state index contributed by atoms with van der Waals surface area (Å²) in [5.74, 6) is -1.96. The first kappa shape index (κ1) is 13.1. The summed E-state index contributed by atoms with van der Waals surface area (Å²) < 4.78 is 26.9. The van der Waals surface area contributed by atoms with Gasteiger partial charge in [-0.1, -0.05) is 6.07 Å². The number of halogens is 2. The summed E-state index contributed by atoms with van der Waals surface area (Å²) in [6.45, 7) is 1.63. The molecule has 8 heteroatoms. The van der Waals surface area contributed by atoms with Gasteiger partial charge in [-0.05, 0) is 30.7 Å². The monoisotopic (exact) mass is 267 g/mol. The molecule has 2 N–H and O–H groups in total. The van der Waals surface area contributed by atoms with E-state index in [4.69, 9.17) is 0 Å². The zero-order valence-electron chi connectivity index (χ0n) is 10.0. The number of benzene rings is 1. The molecule has 1 atom stereocenters. The van der Waals surface area contributed by atoms with Gasteiger partial charge in [-0.3, -0.25) is 4.79 Å². The number of nitrogens with zero attached hydrogens (tertiary/aromatic N) is 3. The predicted molar refractivity (Wildman–Crippen MR) is 61.2 cm³/mol. The Morgan fingerprint density at radius 1 is 1.42 bits per heavy atom. The van der Waals surface area contributed by atoms with Gasteiger partial charge in [-0.2, -0.15) is 5.21 Å². The Balaban J connectivity index is 2.02. The van der Waals surface area contributed by atoms with Gasteiger partial charge >= 0.3 is 0 Å². The summed E-state index contributed by atoms with van der Waals surface area (Å²) in [7, 11) is 0. The molecule has 2 aromatic rings. The quantitative estimate of drug-likeness (QED) is 0.859. The second-order valence-corrected chi connectivity index (χ2v) is 4.01. The van der Waals surface area contributed by atoms with Crippen LogP contribution in [0.5, 0.6) is 0 Å². The molecule has 0 saturated heterocycles. The van der Waals surface area contributed by atoms with Gasteiger partial charge in [0.1, 0.15) is 11.6 Å². The van der Waals surface area contributed by atoms with Gasteiger partial charge in [0.25, 0.3) is 11.7 Å². The number of hydrogen-bond acceptors (Lipinski definition) is 4. The molecule has 0 saturated carbocycles. The fraction of sp³-hybridized carbons (Fsp3) is 0.273. The molecule has 19 heavy (non-hydrogen) atoms. The van der Waals surface area contributed by atoms with Crippen molar-refractivity contribution in [2.45, 2.75) is 19.4 Å². The number of H-pyrrole nitrogens is 1. The SMILES string of the molecule is CC(Cc1c(F)cccc1F)NC(=O)c1nn[nH]n1. The number of carbonyl (C=O) groups is 1. The van der Waals surface area contributed by atoms with Crippen molar-refractivity contribution in [1.29, 1.82) is 0 Å². The number of aromatic nitrogens is 4. The van der Waals surface area contributed by atoms with Crippen LogP contribution in [-0.2, 0) is 6.42 Å². The number of amides is 1. The summed E-state index contributed by atoms with van der Waals surface area (Å²) >= 11 is 0. The van der Waals surface area contributed by atoms with Crippen molar-refractivity contribution in [2.24, 2.45) is 0 Å². The number of hydrogen-bond donors (Lipinski definition) is 2. The van der Waals surface area contributed by atoms with E-state index in [1.165, 1.54) is 18.2 Å². The minimum Gasteiger partial charge on any atom is -0.346 e. The summed E-state index contributed by atoms with van der Waals surface area (Å²) in [5, 5.41) is 14.9. The smallest absolute Gasteiger partial charge is 0.293 e. The number of aromatic amines is 1. The molecule has 0 fully saturated rings. The zero-order chi connectivity index (χ0) is 13.8. The Kier molecular flexibility index (Phi) is 3.79. The maximum atomic E-state index is 13.4. The Bertz CT molecular complexity index is 552. The zero-order valence-corrected chi connectivity index (χ0v) is 10.0. The third-order valence-corrected chi connectivity index (χ3v) is 2.50. The molecular formula is C11H11F2N5O. The van der Waals surface area contributed by atoms with E-state index in [-0.39, 0.29) is 17.8 Å². The number of carbonyl (C=O) groups excluding carboxylic acids is 1. The van der Waals surface area contributed by atoms with Crippen LogP contribution in [0.25, 0.3) is 0 Å². The average molecular weight is 267 g/mol. The molecule has 2 rings (SSSR count). The molecule has 1 amide bonds. The lowest BCUT2D eigenvalue weighted by atomic mass is 10.1. The van der Waals surface area contributed by atoms with Gasteiger partial charge in [-0.25, -0.2) is 8.78 Å². The first-order chi connectivity index (χ1) is 9.08. The highest BCUT2D eigenvalue weighted by Crippen LogP contribution is 2.14. The third kappa shape index (κ3) is 3.09. The van der Waals surface area contributed by atoms with Crippen LogP contribution in [0.4, 0.5) is 8.78 Å². The number of tetrazole rings is 1. The van der Waals surface area contributed by atoms with Crippen LogP contribution in [0.2, 0.25) is 0 Å². The van der Waals surface area contributed by atoms with Crippen molar-refractivity contribution in [3.63, 3.8) is 0 Å². The normalized spacial score (nSPS) is 12.2. The van der Waals surface area contributed by atoms with Gasteiger partial charge in [0.2, 0.25) is 0 Å². The van der Waals surface area contributed by atoms with E-state index in [9.17, 15) is 13.6 Å². The molecule has 100 valence electrons. The average Bonchev–Trinajstić information content (AvgIpc) is 2.88. The van der Waals surface area contributed by atoms with Gasteiger partial charge in [0, 0.05) is 11.6 Å².